The summed E-state index contributed by atoms with van der Waals surface area (Å²) in [4.78, 5) is 10.9. The molecule has 5 heteroatoms. The van der Waals surface area contributed by atoms with E-state index in [0.29, 0.717) is 0 Å². The van der Waals surface area contributed by atoms with Gasteiger partial charge in [0.25, 0.3) is 0 Å². The van der Waals surface area contributed by atoms with Crippen molar-refractivity contribution in [3.8, 4) is 0 Å². The summed E-state index contributed by atoms with van der Waals surface area (Å²) < 4.78 is 12.9. The highest BCUT2D eigenvalue weighted by atomic mass is 127. The molecule has 0 rings (SSSR count). The Bertz CT molecular complexity index is 199. The van der Waals surface area contributed by atoms with Gasteiger partial charge in [0.05, 0.1) is 0 Å². The molecular formula is C8H16INO2S. The van der Waals surface area contributed by atoms with Gasteiger partial charge in [-0.05, 0) is 6.42 Å². The Kier molecular flexibility index (Phi) is 6.93. The van der Waals surface area contributed by atoms with Gasteiger partial charge in [0.2, 0.25) is 5.91 Å². The maximum absolute atomic E-state index is 11.6. The number of hydrogen-bond donors (Lipinski definition) is 0. The van der Waals surface area contributed by atoms with Crippen LogP contribution in [0.1, 0.15) is 33.1 Å². The zero-order valence-corrected chi connectivity index (χ0v) is 11.2. The number of amides is 1. The van der Waals surface area contributed by atoms with Gasteiger partial charge in [-0.2, -0.15) is 0 Å². The van der Waals surface area contributed by atoms with Crippen LogP contribution in [0, 0.1) is 0 Å². The molecule has 0 N–H and O–H groups in total. The van der Waals surface area contributed by atoms with Crippen LogP contribution in [0.15, 0.2) is 0 Å². The van der Waals surface area contributed by atoms with Gasteiger partial charge in [-0.3, -0.25) is 9.10 Å². The number of unbranched alkanes of at least 4 members (excludes halogenated alkanes) is 1. The van der Waals surface area contributed by atoms with Crippen LogP contribution in [0.5, 0.6) is 0 Å². The third kappa shape index (κ3) is 4.95. The fraction of sp³-hybridized carbons (Fsp3) is 0.875. The van der Waals surface area contributed by atoms with Crippen molar-refractivity contribution in [2.45, 2.75) is 36.4 Å². The zero-order chi connectivity index (χ0) is 10.4. The van der Waals surface area contributed by atoms with Gasteiger partial charge in [0.1, 0.15) is 14.2 Å². The molecule has 3 nitrogen and oxygen atoms in total. The molecule has 0 saturated carbocycles. The first-order valence-corrected chi connectivity index (χ1v) is 6.71. The highest BCUT2D eigenvalue weighted by Gasteiger charge is 2.18. The van der Waals surface area contributed by atoms with E-state index in [1.807, 2.05) is 0 Å². The van der Waals surface area contributed by atoms with Gasteiger partial charge < -0.3 is 0 Å². The maximum Gasteiger partial charge on any atom is 0.230 e. The van der Waals surface area contributed by atoms with Gasteiger partial charge in [0, 0.05) is 14.0 Å². The summed E-state index contributed by atoms with van der Waals surface area (Å²) in [5, 5.41) is 0. The Labute approximate surface area is 96.0 Å². The van der Waals surface area contributed by atoms with Crippen LogP contribution in [0.4, 0.5) is 0 Å². The van der Waals surface area contributed by atoms with Gasteiger partial charge in [0.15, 0.2) is 0 Å². The molecule has 0 aliphatic heterocycles. The molecule has 0 aromatic carbocycles. The Morgan fingerprint density at radius 1 is 1.62 bits per heavy atom. The predicted molar refractivity (Wildman–Crippen MR) is 63.9 cm³/mol. The second-order valence-corrected chi connectivity index (χ2v) is 6.86. The highest BCUT2D eigenvalue weighted by molar-refractivity contribution is 14.1. The number of rotatable bonds is 5. The average molecular weight is 317 g/mol. The topological polar surface area (TPSA) is 37.4 Å². The number of hydrogen-bond acceptors (Lipinski definition) is 2. The molecule has 2 unspecified atom stereocenters. The fourth-order valence-electron chi connectivity index (χ4n) is 0.764. The molecule has 0 aliphatic rings. The minimum absolute atomic E-state index is 0.0476. The standard InChI is InChI=1S/C8H16INO2S/c1-4-5-6-8(9)13(12)10(3)7(2)11/h8H,4-6H2,1-3H3. The fourth-order valence-corrected chi connectivity index (χ4v) is 3.19. The first kappa shape index (κ1) is 13.4. The second-order valence-electron chi connectivity index (χ2n) is 2.84. The van der Waals surface area contributed by atoms with E-state index in [1.165, 1.54) is 11.2 Å². The van der Waals surface area contributed by atoms with E-state index in [4.69, 9.17) is 0 Å². The summed E-state index contributed by atoms with van der Waals surface area (Å²) >= 11 is 2.15. The second kappa shape index (κ2) is 6.75. The summed E-state index contributed by atoms with van der Waals surface area (Å²) in [6, 6.07) is 0. The Morgan fingerprint density at radius 3 is 2.54 bits per heavy atom. The van der Waals surface area contributed by atoms with Crippen LogP contribution in [0.3, 0.4) is 0 Å². The lowest BCUT2D eigenvalue weighted by molar-refractivity contribution is -0.123. The number of halogens is 1. The van der Waals surface area contributed by atoms with E-state index in [2.05, 4.69) is 29.5 Å². The van der Waals surface area contributed by atoms with E-state index in [9.17, 15) is 9.00 Å². The largest absolute Gasteiger partial charge is 0.274 e. The van der Waals surface area contributed by atoms with Crippen molar-refractivity contribution in [1.29, 1.82) is 0 Å². The highest BCUT2D eigenvalue weighted by Crippen LogP contribution is 2.16. The van der Waals surface area contributed by atoms with E-state index < -0.39 is 11.0 Å². The number of carbonyl (C=O) groups excluding carboxylic acids is 1. The first-order chi connectivity index (χ1) is 6.00. The molecule has 0 saturated heterocycles. The lowest BCUT2D eigenvalue weighted by atomic mass is 10.3. The molecule has 78 valence electrons. The van der Waals surface area contributed by atoms with Gasteiger partial charge in [-0.1, -0.05) is 42.4 Å². The molecule has 0 fully saturated rings. The molecule has 0 bridgehead atoms. The molecule has 13 heavy (non-hydrogen) atoms. The van der Waals surface area contributed by atoms with Crippen LogP contribution in [0.25, 0.3) is 0 Å². The summed E-state index contributed by atoms with van der Waals surface area (Å²) in [5.74, 6) is -0.142. The lowest BCUT2D eigenvalue weighted by Crippen LogP contribution is -2.30. The third-order valence-electron chi connectivity index (χ3n) is 1.72. The van der Waals surface area contributed by atoms with Crippen LogP contribution in [-0.4, -0.2) is 24.7 Å². The molecule has 0 aromatic rings. The van der Waals surface area contributed by atoms with E-state index >= 15 is 0 Å². The normalized spacial score (nSPS) is 15.1. The van der Waals surface area contributed by atoms with Crippen LogP contribution in [-0.2, 0) is 15.8 Å². The van der Waals surface area contributed by atoms with Crippen molar-refractivity contribution in [3.63, 3.8) is 0 Å². The van der Waals surface area contributed by atoms with Gasteiger partial charge in [-0.15, -0.1) is 0 Å². The summed E-state index contributed by atoms with van der Waals surface area (Å²) in [7, 11) is 0.409. The first-order valence-electron chi connectivity index (χ1n) is 4.29. The van der Waals surface area contributed by atoms with Crippen LogP contribution >= 0.6 is 22.6 Å². The van der Waals surface area contributed by atoms with Gasteiger partial charge in [-0.25, -0.2) is 4.21 Å². The molecular weight excluding hydrogens is 301 g/mol. The summed E-state index contributed by atoms with van der Waals surface area (Å²) in [6.07, 6.45) is 3.06. The molecule has 0 aromatic heterocycles. The number of alkyl halides is 1. The van der Waals surface area contributed by atoms with E-state index in [1.54, 1.807) is 7.05 Å². The van der Waals surface area contributed by atoms with Crippen molar-refractivity contribution in [2.24, 2.45) is 0 Å². The Balaban J connectivity index is 4.01. The molecule has 0 heterocycles. The Morgan fingerprint density at radius 2 is 2.15 bits per heavy atom. The van der Waals surface area contributed by atoms with Crippen molar-refractivity contribution in [3.05, 3.63) is 0 Å². The molecule has 1 amide bonds. The van der Waals surface area contributed by atoms with E-state index in [0.717, 1.165) is 19.3 Å². The van der Waals surface area contributed by atoms with Crippen molar-refractivity contribution in [1.82, 2.24) is 4.31 Å². The smallest absolute Gasteiger partial charge is 0.230 e. The average Bonchev–Trinajstić information content (AvgIpc) is 2.11. The predicted octanol–water partition coefficient (Wildman–Crippen LogP) is 2.08. The number of carbonyl (C=O) groups is 1. The quantitative estimate of drug-likeness (QED) is 0.575. The maximum atomic E-state index is 11.6. The molecule has 2 atom stereocenters. The van der Waals surface area contributed by atoms with Crippen molar-refractivity contribution < 1.29 is 9.00 Å². The summed E-state index contributed by atoms with van der Waals surface area (Å²) in [6.45, 7) is 3.53. The van der Waals surface area contributed by atoms with Gasteiger partial charge >= 0.3 is 0 Å². The van der Waals surface area contributed by atoms with Crippen molar-refractivity contribution >= 4 is 39.5 Å². The van der Waals surface area contributed by atoms with Crippen LogP contribution < -0.4 is 0 Å². The zero-order valence-electron chi connectivity index (χ0n) is 8.25. The lowest BCUT2D eigenvalue weighted by Gasteiger charge is -2.17. The van der Waals surface area contributed by atoms with Crippen molar-refractivity contribution in [2.75, 3.05) is 7.05 Å². The Hall–Kier alpha value is 0.350. The molecule has 0 radical (unpaired) electrons. The van der Waals surface area contributed by atoms with Crippen LogP contribution in [0.2, 0.25) is 0 Å². The van der Waals surface area contributed by atoms with E-state index in [-0.39, 0.29) is 9.16 Å². The minimum Gasteiger partial charge on any atom is -0.274 e. The monoisotopic (exact) mass is 317 g/mol. The molecule has 0 spiro atoms. The molecule has 0 aliphatic carbocycles. The number of nitrogens with zero attached hydrogens (tertiary/aromatic N) is 1. The minimum atomic E-state index is -1.17. The summed E-state index contributed by atoms with van der Waals surface area (Å²) in [5.41, 5.74) is 0. The third-order valence-corrected chi connectivity index (χ3v) is 5.11. The SMILES string of the molecule is CCCCC(I)S(=O)N(C)C(C)=O.